The van der Waals surface area contributed by atoms with Gasteiger partial charge in [-0.05, 0) is 43.7 Å². The van der Waals surface area contributed by atoms with Crippen LogP contribution in [0.25, 0.3) is 0 Å². The van der Waals surface area contributed by atoms with Crippen molar-refractivity contribution in [1.29, 1.82) is 0 Å². The van der Waals surface area contributed by atoms with Crippen LogP contribution in [0, 0.1) is 0 Å². The van der Waals surface area contributed by atoms with Gasteiger partial charge in [0.15, 0.2) is 0 Å². The van der Waals surface area contributed by atoms with Gasteiger partial charge in [0.1, 0.15) is 5.76 Å². The van der Waals surface area contributed by atoms with Crippen molar-refractivity contribution in [1.82, 2.24) is 5.32 Å². The van der Waals surface area contributed by atoms with Gasteiger partial charge in [0.05, 0.1) is 12.3 Å². The van der Waals surface area contributed by atoms with Crippen molar-refractivity contribution >= 4 is 11.6 Å². The topological polar surface area (TPSA) is 25.2 Å². The molecule has 0 bridgehead atoms. The fraction of sp³-hybridized carbons (Fsp3) is 0.286. The Bertz CT molecular complexity index is 450. The summed E-state index contributed by atoms with van der Waals surface area (Å²) in [5.41, 5.74) is 1.22. The molecule has 0 amide bonds. The van der Waals surface area contributed by atoms with E-state index in [1.165, 1.54) is 5.56 Å². The molecule has 1 aromatic carbocycles. The number of hydrogen-bond acceptors (Lipinski definition) is 2. The lowest BCUT2D eigenvalue weighted by atomic mass is 10.1. The van der Waals surface area contributed by atoms with Gasteiger partial charge >= 0.3 is 0 Å². The summed E-state index contributed by atoms with van der Waals surface area (Å²) in [5.74, 6) is 0.950. The maximum atomic E-state index is 5.87. The second-order valence-electron chi connectivity index (χ2n) is 4.18. The zero-order valence-corrected chi connectivity index (χ0v) is 10.7. The van der Waals surface area contributed by atoms with E-state index in [0.29, 0.717) is 0 Å². The Labute approximate surface area is 107 Å². The van der Waals surface area contributed by atoms with Gasteiger partial charge in [0.25, 0.3) is 0 Å². The minimum absolute atomic E-state index is 0.190. The van der Waals surface area contributed by atoms with E-state index in [2.05, 4.69) is 19.2 Å². The van der Waals surface area contributed by atoms with Gasteiger partial charge < -0.3 is 9.73 Å². The average Bonchev–Trinajstić information content (AvgIpc) is 2.83. The highest BCUT2D eigenvalue weighted by molar-refractivity contribution is 6.30. The number of halogens is 1. The largest absolute Gasteiger partial charge is 0.468 e. The molecular weight excluding hydrogens is 234 g/mol. The summed E-state index contributed by atoms with van der Waals surface area (Å²) in [6, 6.07) is 12.2. The molecule has 0 saturated carbocycles. The SMILES string of the molecule is CC(N[C@@H](C)c1ccco1)c1ccc(Cl)cc1. The van der Waals surface area contributed by atoms with E-state index >= 15 is 0 Å². The lowest BCUT2D eigenvalue weighted by Crippen LogP contribution is -2.22. The molecule has 0 spiro atoms. The van der Waals surface area contributed by atoms with Crippen molar-refractivity contribution in [2.75, 3.05) is 0 Å². The monoisotopic (exact) mass is 249 g/mol. The Kier molecular flexibility index (Phi) is 3.87. The standard InChI is InChI=1S/C14H16ClNO/c1-10(12-5-7-13(15)8-6-12)16-11(2)14-4-3-9-17-14/h3-11,16H,1-2H3/t10?,11-/m0/s1. The van der Waals surface area contributed by atoms with E-state index in [9.17, 15) is 0 Å². The van der Waals surface area contributed by atoms with Gasteiger partial charge in [-0.3, -0.25) is 0 Å². The van der Waals surface area contributed by atoms with Crippen LogP contribution in [0.5, 0.6) is 0 Å². The first-order chi connectivity index (χ1) is 8.16. The maximum Gasteiger partial charge on any atom is 0.120 e. The van der Waals surface area contributed by atoms with Crippen molar-refractivity contribution < 1.29 is 4.42 Å². The Hall–Kier alpha value is -1.25. The van der Waals surface area contributed by atoms with Crippen molar-refractivity contribution in [3.8, 4) is 0 Å². The third-order valence-corrected chi connectivity index (χ3v) is 3.09. The van der Waals surface area contributed by atoms with Crippen LogP contribution < -0.4 is 5.32 Å². The van der Waals surface area contributed by atoms with E-state index in [4.69, 9.17) is 16.0 Å². The van der Waals surface area contributed by atoms with Crippen LogP contribution in [0.4, 0.5) is 0 Å². The molecule has 0 aliphatic carbocycles. The predicted octanol–water partition coefficient (Wildman–Crippen LogP) is 4.34. The van der Waals surface area contributed by atoms with Crippen LogP contribution in [-0.2, 0) is 0 Å². The quantitative estimate of drug-likeness (QED) is 0.872. The van der Waals surface area contributed by atoms with E-state index < -0.39 is 0 Å². The molecule has 90 valence electrons. The van der Waals surface area contributed by atoms with E-state index in [0.717, 1.165) is 10.8 Å². The summed E-state index contributed by atoms with van der Waals surface area (Å²) in [6.07, 6.45) is 1.69. The first kappa shape index (κ1) is 12.2. The molecule has 0 aliphatic heterocycles. The molecule has 2 aromatic rings. The van der Waals surface area contributed by atoms with E-state index in [-0.39, 0.29) is 12.1 Å². The summed E-state index contributed by atoms with van der Waals surface area (Å²) in [7, 11) is 0. The molecule has 3 heteroatoms. The van der Waals surface area contributed by atoms with Gasteiger partial charge in [-0.25, -0.2) is 0 Å². The second-order valence-corrected chi connectivity index (χ2v) is 4.61. The molecule has 0 radical (unpaired) electrons. The maximum absolute atomic E-state index is 5.87. The van der Waals surface area contributed by atoms with Crippen molar-refractivity contribution in [3.63, 3.8) is 0 Å². The average molecular weight is 250 g/mol. The molecule has 2 atom stereocenters. The van der Waals surface area contributed by atoms with E-state index in [1.54, 1.807) is 6.26 Å². The molecule has 0 saturated heterocycles. The first-order valence-electron chi connectivity index (χ1n) is 5.71. The molecule has 2 rings (SSSR count). The highest BCUT2D eigenvalue weighted by atomic mass is 35.5. The zero-order valence-electron chi connectivity index (χ0n) is 9.98. The van der Waals surface area contributed by atoms with E-state index in [1.807, 2.05) is 36.4 Å². The zero-order chi connectivity index (χ0) is 12.3. The second kappa shape index (κ2) is 5.39. The molecule has 1 aromatic heterocycles. The van der Waals surface area contributed by atoms with Crippen LogP contribution in [0.2, 0.25) is 5.02 Å². The number of hydrogen-bond donors (Lipinski definition) is 1. The van der Waals surface area contributed by atoms with Gasteiger partial charge in [-0.15, -0.1) is 0 Å². The molecule has 0 fully saturated rings. The molecule has 1 heterocycles. The van der Waals surface area contributed by atoms with Crippen molar-refractivity contribution in [3.05, 3.63) is 59.0 Å². The van der Waals surface area contributed by atoms with Crippen LogP contribution >= 0.6 is 11.6 Å². The lowest BCUT2D eigenvalue weighted by molar-refractivity contribution is 0.403. The van der Waals surface area contributed by atoms with Gasteiger partial charge in [0.2, 0.25) is 0 Å². The van der Waals surface area contributed by atoms with Crippen LogP contribution in [0.1, 0.15) is 37.3 Å². The third kappa shape index (κ3) is 3.11. The molecular formula is C14H16ClNO. The predicted molar refractivity (Wildman–Crippen MR) is 70.1 cm³/mol. The minimum Gasteiger partial charge on any atom is -0.468 e. The van der Waals surface area contributed by atoms with Crippen molar-refractivity contribution in [2.45, 2.75) is 25.9 Å². The van der Waals surface area contributed by atoms with Crippen LogP contribution in [0.3, 0.4) is 0 Å². The van der Waals surface area contributed by atoms with Gasteiger partial charge in [-0.1, -0.05) is 23.7 Å². The summed E-state index contributed by atoms with van der Waals surface area (Å²) >= 11 is 5.87. The number of nitrogens with one attached hydrogen (secondary N) is 1. The number of furan rings is 1. The normalized spacial score (nSPS) is 14.5. The van der Waals surface area contributed by atoms with Crippen LogP contribution in [-0.4, -0.2) is 0 Å². The molecule has 1 N–H and O–H groups in total. The Morgan fingerprint density at radius 1 is 1.06 bits per heavy atom. The van der Waals surface area contributed by atoms with Crippen molar-refractivity contribution in [2.24, 2.45) is 0 Å². The molecule has 2 nitrogen and oxygen atoms in total. The summed E-state index contributed by atoms with van der Waals surface area (Å²) in [5, 5.41) is 4.25. The fourth-order valence-corrected chi connectivity index (χ4v) is 1.97. The summed E-state index contributed by atoms with van der Waals surface area (Å²) < 4.78 is 5.37. The molecule has 1 unspecified atom stereocenters. The Morgan fingerprint density at radius 2 is 1.76 bits per heavy atom. The lowest BCUT2D eigenvalue weighted by Gasteiger charge is -2.18. The minimum atomic E-state index is 0.190. The molecule has 0 aliphatic rings. The Morgan fingerprint density at radius 3 is 2.35 bits per heavy atom. The van der Waals surface area contributed by atoms with Gasteiger partial charge in [-0.2, -0.15) is 0 Å². The fourth-order valence-electron chi connectivity index (χ4n) is 1.84. The Balaban J connectivity index is 2.01. The summed E-state index contributed by atoms with van der Waals surface area (Å²) in [4.78, 5) is 0. The summed E-state index contributed by atoms with van der Waals surface area (Å²) in [6.45, 7) is 4.22. The van der Waals surface area contributed by atoms with Crippen LogP contribution in [0.15, 0.2) is 47.1 Å². The smallest absolute Gasteiger partial charge is 0.120 e. The number of rotatable bonds is 4. The first-order valence-corrected chi connectivity index (χ1v) is 6.09. The van der Waals surface area contributed by atoms with Gasteiger partial charge in [0, 0.05) is 11.1 Å². The highest BCUT2D eigenvalue weighted by Gasteiger charge is 2.12. The number of benzene rings is 1. The molecule has 17 heavy (non-hydrogen) atoms. The highest BCUT2D eigenvalue weighted by Crippen LogP contribution is 2.20. The third-order valence-electron chi connectivity index (χ3n) is 2.84.